The number of aromatic nitrogens is 3. The van der Waals surface area contributed by atoms with Crippen molar-refractivity contribution in [3.05, 3.63) is 75.8 Å². The zero-order valence-corrected chi connectivity index (χ0v) is 20.2. The van der Waals surface area contributed by atoms with Gasteiger partial charge in [-0.25, -0.2) is 9.97 Å². The van der Waals surface area contributed by atoms with Gasteiger partial charge in [0.15, 0.2) is 0 Å². The Labute approximate surface area is 206 Å². The number of methoxy groups -OCH3 is 1. The molecule has 180 valence electrons. The van der Waals surface area contributed by atoms with Crippen LogP contribution in [0, 0.1) is 0 Å². The molecule has 1 aliphatic rings. The summed E-state index contributed by atoms with van der Waals surface area (Å²) in [6.07, 6.45) is 2.03. The van der Waals surface area contributed by atoms with Gasteiger partial charge in [-0.15, -0.1) is 11.3 Å². The molecule has 5 rings (SSSR count). The van der Waals surface area contributed by atoms with Gasteiger partial charge in [0.2, 0.25) is 5.91 Å². The minimum absolute atomic E-state index is 0.0172. The van der Waals surface area contributed by atoms with Crippen LogP contribution in [-0.2, 0) is 22.5 Å². The highest BCUT2D eigenvalue weighted by molar-refractivity contribution is 7.13. The fourth-order valence-corrected chi connectivity index (χ4v) is 5.03. The third kappa shape index (κ3) is 5.41. The van der Waals surface area contributed by atoms with Crippen LogP contribution in [0.15, 0.2) is 58.7 Å². The molecule has 1 amide bonds. The summed E-state index contributed by atoms with van der Waals surface area (Å²) < 4.78 is 11.0. The average molecular weight is 491 g/mol. The molecular formula is C26H26N4O4S. The fraction of sp³-hybridized carbons (Fsp3) is 0.308. The maximum atomic E-state index is 13.4. The highest BCUT2D eigenvalue weighted by atomic mass is 32.1. The lowest BCUT2D eigenvalue weighted by Crippen LogP contribution is -2.38. The Morgan fingerprint density at radius 1 is 1.20 bits per heavy atom. The molecule has 0 saturated carbocycles. The number of ether oxygens (including phenoxy) is 2. The van der Waals surface area contributed by atoms with Crippen LogP contribution in [0.25, 0.3) is 21.5 Å². The average Bonchev–Trinajstić information content (AvgIpc) is 3.56. The Hall–Kier alpha value is -3.56. The largest absolute Gasteiger partial charge is 0.497 e. The lowest BCUT2D eigenvalue weighted by molar-refractivity contribution is -0.132. The van der Waals surface area contributed by atoms with Crippen LogP contribution in [0.5, 0.6) is 5.75 Å². The van der Waals surface area contributed by atoms with E-state index in [1.54, 1.807) is 30.2 Å². The summed E-state index contributed by atoms with van der Waals surface area (Å²) in [6.45, 7) is 1.36. The number of carbonyl (C=O) groups is 1. The van der Waals surface area contributed by atoms with Crippen LogP contribution >= 0.6 is 11.3 Å². The zero-order valence-electron chi connectivity index (χ0n) is 19.4. The second-order valence-corrected chi connectivity index (χ2v) is 9.35. The molecule has 35 heavy (non-hydrogen) atoms. The molecule has 1 atom stereocenters. The van der Waals surface area contributed by atoms with E-state index in [-0.39, 0.29) is 30.5 Å². The topological polar surface area (TPSA) is 97.4 Å². The molecule has 1 unspecified atom stereocenters. The number of hydrogen-bond donors (Lipinski definition) is 1. The lowest BCUT2D eigenvalue weighted by Gasteiger charge is -2.25. The minimum atomic E-state index is -0.209. The minimum Gasteiger partial charge on any atom is -0.497 e. The number of aromatic amines is 1. The summed E-state index contributed by atoms with van der Waals surface area (Å²) in [7, 11) is 1.63. The molecule has 0 radical (unpaired) electrons. The lowest BCUT2D eigenvalue weighted by atomic mass is 10.2. The van der Waals surface area contributed by atoms with Crippen molar-refractivity contribution < 1.29 is 14.3 Å². The van der Waals surface area contributed by atoms with Crippen molar-refractivity contribution in [1.29, 1.82) is 0 Å². The van der Waals surface area contributed by atoms with Crippen LogP contribution in [0.4, 0.5) is 0 Å². The first-order chi connectivity index (χ1) is 17.1. The smallest absolute Gasteiger partial charge is 0.258 e. The SMILES string of the molecule is COc1ccc(-c2nc(CC(=O)N(Cc3nc4ccccc4c(=O)[nH]3)CC3CCCO3)cs2)cc1. The Morgan fingerprint density at radius 3 is 2.80 bits per heavy atom. The van der Waals surface area contributed by atoms with Gasteiger partial charge in [-0.05, 0) is 49.2 Å². The van der Waals surface area contributed by atoms with Gasteiger partial charge >= 0.3 is 0 Å². The van der Waals surface area contributed by atoms with Crippen LogP contribution in [0.1, 0.15) is 24.4 Å². The zero-order chi connectivity index (χ0) is 24.2. The highest BCUT2D eigenvalue weighted by Gasteiger charge is 2.24. The predicted octanol–water partition coefficient (Wildman–Crippen LogP) is 3.81. The third-order valence-electron chi connectivity index (χ3n) is 6.02. The first-order valence-electron chi connectivity index (χ1n) is 11.5. The number of hydrogen-bond acceptors (Lipinski definition) is 7. The first-order valence-corrected chi connectivity index (χ1v) is 12.4. The molecule has 9 heteroatoms. The van der Waals surface area contributed by atoms with Crippen molar-refractivity contribution in [2.24, 2.45) is 0 Å². The quantitative estimate of drug-likeness (QED) is 0.403. The Kier molecular flexibility index (Phi) is 6.87. The summed E-state index contributed by atoms with van der Waals surface area (Å²) in [5.74, 6) is 1.16. The maximum Gasteiger partial charge on any atom is 0.258 e. The standard InChI is InChI=1S/C26H26N4O4S/c1-33-19-10-8-17(9-11-19)26-27-18(16-35-26)13-24(31)30(14-20-5-4-12-34-20)15-23-28-22-7-3-2-6-21(22)25(32)29-23/h2-3,6-11,16,20H,4-5,12-15H2,1H3,(H,28,29,32). The van der Waals surface area contributed by atoms with Crippen LogP contribution < -0.4 is 10.3 Å². The van der Waals surface area contributed by atoms with Crippen LogP contribution in [0.2, 0.25) is 0 Å². The predicted molar refractivity (Wildman–Crippen MR) is 135 cm³/mol. The molecular weight excluding hydrogens is 464 g/mol. The molecule has 3 heterocycles. The van der Waals surface area contributed by atoms with Gasteiger partial charge in [0.05, 0.1) is 42.8 Å². The summed E-state index contributed by atoms with van der Waals surface area (Å²) >= 11 is 1.50. The molecule has 1 fully saturated rings. The van der Waals surface area contributed by atoms with E-state index >= 15 is 0 Å². The number of amides is 1. The monoisotopic (exact) mass is 490 g/mol. The third-order valence-corrected chi connectivity index (χ3v) is 6.96. The van der Waals surface area contributed by atoms with Crippen molar-refractivity contribution in [1.82, 2.24) is 19.9 Å². The first kappa shape index (κ1) is 23.2. The summed E-state index contributed by atoms with van der Waals surface area (Å²) in [4.78, 5) is 39.7. The van der Waals surface area contributed by atoms with Gasteiger partial charge in [0.25, 0.3) is 5.56 Å². The molecule has 1 aliphatic heterocycles. The molecule has 8 nitrogen and oxygen atoms in total. The van der Waals surface area contributed by atoms with Gasteiger partial charge in [-0.2, -0.15) is 0 Å². The van der Waals surface area contributed by atoms with E-state index < -0.39 is 0 Å². The van der Waals surface area contributed by atoms with Gasteiger partial charge < -0.3 is 19.4 Å². The summed E-state index contributed by atoms with van der Waals surface area (Å²) in [5, 5.41) is 3.29. The summed E-state index contributed by atoms with van der Waals surface area (Å²) in [6, 6.07) is 14.9. The van der Waals surface area contributed by atoms with Crippen molar-refractivity contribution in [3.8, 4) is 16.3 Å². The number of fused-ring (bicyclic) bond motifs is 1. The number of carbonyl (C=O) groups excluding carboxylic acids is 1. The Morgan fingerprint density at radius 2 is 2.03 bits per heavy atom. The molecule has 0 bridgehead atoms. The van der Waals surface area contributed by atoms with Gasteiger partial charge in [-0.1, -0.05) is 12.1 Å². The molecule has 1 saturated heterocycles. The van der Waals surface area contributed by atoms with E-state index in [4.69, 9.17) is 9.47 Å². The molecule has 0 spiro atoms. The number of rotatable bonds is 8. The second-order valence-electron chi connectivity index (χ2n) is 8.49. The molecule has 1 N–H and O–H groups in total. The van der Waals surface area contributed by atoms with Crippen molar-refractivity contribution in [2.75, 3.05) is 20.3 Å². The van der Waals surface area contributed by atoms with E-state index in [0.29, 0.717) is 35.6 Å². The van der Waals surface area contributed by atoms with Gasteiger partial charge in [0.1, 0.15) is 16.6 Å². The van der Waals surface area contributed by atoms with Crippen molar-refractivity contribution in [2.45, 2.75) is 31.9 Å². The number of benzene rings is 2. The molecule has 0 aliphatic carbocycles. The van der Waals surface area contributed by atoms with E-state index in [1.807, 2.05) is 35.7 Å². The van der Waals surface area contributed by atoms with Gasteiger partial charge in [0, 0.05) is 24.1 Å². The Bertz CT molecular complexity index is 1380. The fourth-order valence-electron chi connectivity index (χ4n) is 4.20. The Balaban J connectivity index is 1.34. The molecule has 4 aromatic rings. The van der Waals surface area contributed by atoms with Crippen LogP contribution in [-0.4, -0.2) is 52.1 Å². The van der Waals surface area contributed by atoms with Crippen molar-refractivity contribution >= 4 is 28.1 Å². The van der Waals surface area contributed by atoms with E-state index in [9.17, 15) is 9.59 Å². The molecule has 2 aromatic carbocycles. The van der Waals surface area contributed by atoms with E-state index in [0.717, 1.165) is 29.2 Å². The summed E-state index contributed by atoms with van der Waals surface area (Å²) in [5.41, 5.74) is 2.09. The number of H-pyrrole nitrogens is 1. The number of nitrogens with zero attached hydrogens (tertiary/aromatic N) is 3. The number of thiazole rings is 1. The van der Waals surface area contributed by atoms with Crippen LogP contribution in [0.3, 0.4) is 0 Å². The van der Waals surface area contributed by atoms with E-state index in [2.05, 4.69) is 15.0 Å². The van der Waals surface area contributed by atoms with E-state index in [1.165, 1.54) is 11.3 Å². The second kappa shape index (κ2) is 10.4. The van der Waals surface area contributed by atoms with Crippen molar-refractivity contribution in [3.63, 3.8) is 0 Å². The molecule has 2 aromatic heterocycles. The maximum absolute atomic E-state index is 13.4. The number of para-hydroxylation sites is 1. The normalized spacial score (nSPS) is 15.4. The number of nitrogens with one attached hydrogen (secondary N) is 1. The highest BCUT2D eigenvalue weighted by Crippen LogP contribution is 2.26. The van der Waals surface area contributed by atoms with Gasteiger partial charge in [-0.3, -0.25) is 9.59 Å².